The minimum absolute atomic E-state index is 0.000594. The number of hydrogen-bond donors (Lipinski definition) is 1. The second-order valence-electron chi connectivity index (χ2n) is 4.26. The van der Waals surface area contributed by atoms with Crippen LogP contribution in [0, 0.1) is 0 Å². The highest BCUT2D eigenvalue weighted by Crippen LogP contribution is 2.31. The predicted octanol–water partition coefficient (Wildman–Crippen LogP) is 2.52. The maximum atomic E-state index is 11.8. The van der Waals surface area contributed by atoms with Crippen molar-refractivity contribution >= 4 is 21.8 Å². The first-order valence-electron chi connectivity index (χ1n) is 5.02. The Labute approximate surface area is 97.4 Å². The molecule has 1 saturated carbocycles. The maximum Gasteiger partial charge on any atom is 0.253 e. The van der Waals surface area contributed by atoms with Gasteiger partial charge in [-0.15, -0.1) is 0 Å². The van der Waals surface area contributed by atoms with Crippen molar-refractivity contribution in [1.29, 1.82) is 0 Å². The molecule has 0 spiro atoms. The van der Waals surface area contributed by atoms with E-state index >= 15 is 0 Å². The van der Waals surface area contributed by atoms with Crippen LogP contribution in [0.15, 0.2) is 22.9 Å². The monoisotopic (exact) mass is 268 g/mol. The van der Waals surface area contributed by atoms with E-state index in [1.165, 1.54) is 6.42 Å². The highest BCUT2D eigenvalue weighted by molar-refractivity contribution is 9.10. The molecule has 0 unspecified atom stereocenters. The van der Waals surface area contributed by atoms with Crippen LogP contribution < -0.4 is 5.32 Å². The first kappa shape index (κ1) is 10.6. The summed E-state index contributed by atoms with van der Waals surface area (Å²) in [5.41, 5.74) is 0.608. The highest BCUT2D eigenvalue weighted by atomic mass is 79.9. The van der Waals surface area contributed by atoms with Crippen LogP contribution in [-0.4, -0.2) is 16.4 Å². The molecule has 4 heteroatoms. The van der Waals surface area contributed by atoms with Gasteiger partial charge in [0.05, 0.1) is 5.56 Å². The Balaban J connectivity index is 2.08. The fraction of sp³-hybridized carbons (Fsp3) is 0.455. The quantitative estimate of drug-likeness (QED) is 0.896. The standard InChI is InChI=1S/C11H13BrN2O/c1-11(3-2-4-11)14-10(15)8-5-9(12)7-13-6-8/h5-7H,2-4H2,1H3,(H,14,15). The van der Waals surface area contributed by atoms with E-state index in [0.717, 1.165) is 17.3 Å². The van der Waals surface area contributed by atoms with Crippen molar-refractivity contribution < 1.29 is 4.79 Å². The molecule has 1 fully saturated rings. The summed E-state index contributed by atoms with van der Waals surface area (Å²) in [6.07, 6.45) is 6.60. The van der Waals surface area contributed by atoms with Gasteiger partial charge in [0.2, 0.25) is 0 Å². The van der Waals surface area contributed by atoms with Crippen molar-refractivity contribution in [1.82, 2.24) is 10.3 Å². The predicted molar refractivity (Wildman–Crippen MR) is 61.7 cm³/mol. The number of halogens is 1. The molecular weight excluding hydrogens is 256 g/mol. The van der Waals surface area contributed by atoms with Crippen molar-refractivity contribution in [2.45, 2.75) is 31.7 Å². The fourth-order valence-electron chi connectivity index (χ4n) is 1.71. The van der Waals surface area contributed by atoms with Crippen molar-refractivity contribution in [3.63, 3.8) is 0 Å². The first-order chi connectivity index (χ1) is 7.09. The van der Waals surface area contributed by atoms with Crippen molar-refractivity contribution in [2.24, 2.45) is 0 Å². The number of carbonyl (C=O) groups excluding carboxylic acids is 1. The topological polar surface area (TPSA) is 42.0 Å². The number of hydrogen-bond acceptors (Lipinski definition) is 2. The van der Waals surface area contributed by atoms with E-state index in [4.69, 9.17) is 0 Å². The van der Waals surface area contributed by atoms with E-state index in [9.17, 15) is 4.79 Å². The molecule has 3 nitrogen and oxygen atoms in total. The Morgan fingerprint density at radius 2 is 2.27 bits per heavy atom. The average molecular weight is 269 g/mol. The Morgan fingerprint density at radius 3 is 2.80 bits per heavy atom. The van der Waals surface area contributed by atoms with Gasteiger partial charge in [-0.3, -0.25) is 9.78 Å². The van der Waals surface area contributed by atoms with Gasteiger partial charge in [-0.05, 0) is 48.2 Å². The van der Waals surface area contributed by atoms with E-state index in [2.05, 4.69) is 33.2 Å². The van der Waals surface area contributed by atoms with Crippen molar-refractivity contribution in [2.75, 3.05) is 0 Å². The minimum Gasteiger partial charge on any atom is -0.347 e. The molecule has 0 aliphatic heterocycles. The maximum absolute atomic E-state index is 11.8. The lowest BCUT2D eigenvalue weighted by molar-refractivity contribution is 0.0850. The average Bonchev–Trinajstić information content (AvgIpc) is 2.15. The summed E-state index contributed by atoms with van der Waals surface area (Å²) in [5, 5.41) is 3.04. The summed E-state index contributed by atoms with van der Waals surface area (Å²) in [6.45, 7) is 2.08. The molecule has 15 heavy (non-hydrogen) atoms. The van der Waals surface area contributed by atoms with Gasteiger partial charge >= 0.3 is 0 Å². The smallest absolute Gasteiger partial charge is 0.253 e. The molecular formula is C11H13BrN2O. The second-order valence-corrected chi connectivity index (χ2v) is 5.18. The number of rotatable bonds is 2. The van der Waals surface area contributed by atoms with Gasteiger partial charge in [0.25, 0.3) is 5.91 Å². The van der Waals surface area contributed by atoms with E-state index in [1.807, 2.05) is 0 Å². The molecule has 0 saturated heterocycles. The second kappa shape index (κ2) is 3.93. The molecule has 0 atom stereocenters. The van der Waals surface area contributed by atoms with Crippen LogP contribution in [0.5, 0.6) is 0 Å². The summed E-state index contributed by atoms with van der Waals surface area (Å²) in [7, 11) is 0. The number of nitrogens with zero attached hydrogens (tertiary/aromatic N) is 1. The molecule has 1 N–H and O–H groups in total. The molecule has 0 bridgehead atoms. The summed E-state index contributed by atoms with van der Waals surface area (Å²) >= 11 is 3.30. The summed E-state index contributed by atoms with van der Waals surface area (Å²) < 4.78 is 0.828. The van der Waals surface area contributed by atoms with E-state index < -0.39 is 0 Å². The van der Waals surface area contributed by atoms with Gasteiger partial charge in [0.15, 0.2) is 0 Å². The summed E-state index contributed by atoms with van der Waals surface area (Å²) in [6, 6.07) is 1.78. The van der Waals surface area contributed by atoms with E-state index in [0.29, 0.717) is 5.56 Å². The summed E-state index contributed by atoms with van der Waals surface area (Å²) in [4.78, 5) is 15.8. The van der Waals surface area contributed by atoms with Gasteiger partial charge in [-0.2, -0.15) is 0 Å². The van der Waals surface area contributed by atoms with Crippen LogP contribution in [0.3, 0.4) is 0 Å². The molecule has 1 aliphatic rings. The third-order valence-electron chi connectivity index (χ3n) is 2.84. The van der Waals surface area contributed by atoms with Crippen LogP contribution in [0.4, 0.5) is 0 Å². The third kappa shape index (κ3) is 2.37. The SMILES string of the molecule is CC1(NC(=O)c2cncc(Br)c2)CCC1. The number of carbonyl (C=O) groups is 1. The third-order valence-corrected chi connectivity index (χ3v) is 3.27. The number of pyridine rings is 1. The molecule has 0 radical (unpaired) electrons. The Kier molecular flexibility index (Phi) is 2.78. The molecule has 1 aromatic rings. The zero-order chi connectivity index (χ0) is 10.9. The molecule has 1 aliphatic carbocycles. The van der Waals surface area contributed by atoms with E-state index in [1.54, 1.807) is 18.5 Å². The van der Waals surface area contributed by atoms with Crippen LogP contribution >= 0.6 is 15.9 Å². The minimum atomic E-state index is -0.0361. The van der Waals surface area contributed by atoms with Crippen LogP contribution in [0.25, 0.3) is 0 Å². The van der Waals surface area contributed by atoms with Gasteiger partial charge in [-0.1, -0.05) is 0 Å². The summed E-state index contributed by atoms with van der Waals surface area (Å²) in [5.74, 6) is -0.0361. The Hall–Kier alpha value is -0.900. The van der Waals surface area contributed by atoms with E-state index in [-0.39, 0.29) is 11.4 Å². The van der Waals surface area contributed by atoms with Gasteiger partial charge in [-0.25, -0.2) is 0 Å². The highest BCUT2D eigenvalue weighted by Gasteiger charge is 2.33. The molecule has 0 aromatic carbocycles. The molecule has 1 amide bonds. The Morgan fingerprint density at radius 1 is 1.53 bits per heavy atom. The van der Waals surface area contributed by atoms with Crippen LogP contribution in [-0.2, 0) is 0 Å². The zero-order valence-corrected chi connectivity index (χ0v) is 10.2. The number of aromatic nitrogens is 1. The lowest BCUT2D eigenvalue weighted by Gasteiger charge is -2.39. The molecule has 80 valence electrons. The molecule has 1 heterocycles. The zero-order valence-electron chi connectivity index (χ0n) is 8.59. The van der Waals surface area contributed by atoms with Crippen LogP contribution in [0.1, 0.15) is 36.5 Å². The molecule has 2 rings (SSSR count). The first-order valence-corrected chi connectivity index (χ1v) is 5.81. The fourth-order valence-corrected chi connectivity index (χ4v) is 2.08. The number of nitrogens with one attached hydrogen (secondary N) is 1. The largest absolute Gasteiger partial charge is 0.347 e. The van der Waals surface area contributed by atoms with Crippen molar-refractivity contribution in [3.05, 3.63) is 28.5 Å². The van der Waals surface area contributed by atoms with Gasteiger partial charge in [0, 0.05) is 22.4 Å². The Bertz CT molecular complexity index is 388. The lowest BCUT2D eigenvalue weighted by Crippen LogP contribution is -2.50. The van der Waals surface area contributed by atoms with Crippen LogP contribution in [0.2, 0.25) is 0 Å². The van der Waals surface area contributed by atoms with Crippen molar-refractivity contribution in [3.8, 4) is 0 Å². The van der Waals surface area contributed by atoms with Gasteiger partial charge in [0.1, 0.15) is 0 Å². The molecule has 1 aromatic heterocycles. The number of amides is 1. The lowest BCUT2D eigenvalue weighted by atomic mass is 9.78. The van der Waals surface area contributed by atoms with Gasteiger partial charge < -0.3 is 5.32 Å². The normalized spacial score (nSPS) is 18.0.